The van der Waals surface area contributed by atoms with E-state index >= 15 is 0 Å². The number of methoxy groups -OCH3 is 1. The number of benzene rings is 1. The number of anilines is 1. The molecule has 1 rings (SSSR count). The van der Waals surface area contributed by atoms with E-state index < -0.39 is 0 Å². The Morgan fingerprint density at radius 1 is 1.35 bits per heavy atom. The van der Waals surface area contributed by atoms with Crippen molar-refractivity contribution in [2.75, 3.05) is 32.6 Å². The van der Waals surface area contributed by atoms with Crippen LogP contribution in [0.2, 0.25) is 0 Å². The summed E-state index contributed by atoms with van der Waals surface area (Å²) in [4.78, 5) is 14.3. The molecule has 0 saturated carbocycles. The number of nitrogen functional groups attached to an aromatic ring is 1. The van der Waals surface area contributed by atoms with E-state index in [4.69, 9.17) is 15.2 Å². The van der Waals surface area contributed by atoms with E-state index in [-0.39, 0.29) is 11.9 Å². The number of nitrogens with zero attached hydrogens (tertiary/aromatic N) is 1. The van der Waals surface area contributed by atoms with Gasteiger partial charge in [0.2, 0.25) is 0 Å². The van der Waals surface area contributed by atoms with Crippen LogP contribution in [0.25, 0.3) is 0 Å². The molecule has 0 saturated heterocycles. The van der Waals surface area contributed by atoms with Crippen molar-refractivity contribution in [3.63, 3.8) is 0 Å². The van der Waals surface area contributed by atoms with Crippen LogP contribution in [0.4, 0.5) is 5.69 Å². The predicted molar refractivity (Wildman–Crippen MR) is 80.1 cm³/mol. The fourth-order valence-electron chi connectivity index (χ4n) is 2.15. The first-order chi connectivity index (χ1) is 9.53. The average molecular weight is 280 g/mol. The molecule has 5 heteroatoms. The zero-order valence-electron chi connectivity index (χ0n) is 12.7. The predicted octanol–water partition coefficient (Wildman–Crippen LogP) is 2.16. The SMILES string of the molecule is CCOc1cc(N)cc(C(=O)N(CC)C(C)COC)c1. The second-order valence-electron chi connectivity index (χ2n) is 4.62. The lowest BCUT2D eigenvalue weighted by molar-refractivity contribution is 0.0579. The summed E-state index contributed by atoms with van der Waals surface area (Å²) in [5.41, 5.74) is 6.89. The molecule has 1 unspecified atom stereocenters. The summed E-state index contributed by atoms with van der Waals surface area (Å²) < 4.78 is 10.5. The van der Waals surface area contributed by atoms with Crippen molar-refractivity contribution in [1.29, 1.82) is 0 Å². The summed E-state index contributed by atoms with van der Waals surface area (Å²) in [5.74, 6) is 0.552. The number of carbonyl (C=O) groups excluding carboxylic acids is 1. The maximum atomic E-state index is 12.6. The molecule has 0 spiro atoms. The van der Waals surface area contributed by atoms with Gasteiger partial charge in [0.15, 0.2) is 0 Å². The molecule has 5 nitrogen and oxygen atoms in total. The summed E-state index contributed by atoms with van der Waals surface area (Å²) in [6.07, 6.45) is 0. The van der Waals surface area contributed by atoms with Gasteiger partial charge in [-0.25, -0.2) is 0 Å². The molecule has 1 amide bonds. The Morgan fingerprint density at radius 2 is 2.05 bits per heavy atom. The molecule has 1 aromatic rings. The van der Waals surface area contributed by atoms with E-state index in [0.29, 0.717) is 36.8 Å². The fraction of sp³-hybridized carbons (Fsp3) is 0.533. The average Bonchev–Trinajstić information content (AvgIpc) is 2.39. The first kappa shape index (κ1) is 16.3. The smallest absolute Gasteiger partial charge is 0.254 e. The van der Waals surface area contributed by atoms with Crippen LogP contribution in [0.1, 0.15) is 31.1 Å². The molecule has 1 aromatic carbocycles. The van der Waals surface area contributed by atoms with Crippen LogP contribution in [0.5, 0.6) is 5.75 Å². The van der Waals surface area contributed by atoms with E-state index in [1.54, 1.807) is 30.2 Å². The molecule has 0 aliphatic carbocycles. The van der Waals surface area contributed by atoms with Crippen molar-refractivity contribution < 1.29 is 14.3 Å². The van der Waals surface area contributed by atoms with Crippen LogP contribution in [0, 0.1) is 0 Å². The third kappa shape index (κ3) is 4.13. The summed E-state index contributed by atoms with van der Waals surface area (Å²) in [5, 5.41) is 0. The number of likely N-dealkylation sites (N-methyl/N-ethyl adjacent to an activating group) is 1. The third-order valence-electron chi connectivity index (χ3n) is 3.03. The van der Waals surface area contributed by atoms with E-state index in [1.165, 1.54) is 0 Å². The normalized spacial score (nSPS) is 12.0. The minimum absolute atomic E-state index is 0.00877. The van der Waals surface area contributed by atoms with Crippen LogP contribution < -0.4 is 10.5 Å². The highest BCUT2D eigenvalue weighted by Gasteiger charge is 2.20. The second-order valence-corrected chi connectivity index (χ2v) is 4.62. The number of rotatable bonds is 7. The van der Waals surface area contributed by atoms with Gasteiger partial charge in [0.05, 0.1) is 19.3 Å². The van der Waals surface area contributed by atoms with Crippen molar-refractivity contribution in [2.24, 2.45) is 0 Å². The molecule has 0 heterocycles. The Bertz CT molecular complexity index is 449. The Balaban J connectivity index is 2.99. The summed E-state index contributed by atoms with van der Waals surface area (Å²) in [7, 11) is 1.63. The Morgan fingerprint density at radius 3 is 2.60 bits per heavy atom. The maximum absolute atomic E-state index is 12.6. The largest absolute Gasteiger partial charge is 0.494 e. The summed E-state index contributed by atoms with van der Waals surface area (Å²) in [6.45, 7) is 7.45. The van der Waals surface area contributed by atoms with Gasteiger partial charge in [-0.2, -0.15) is 0 Å². The summed E-state index contributed by atoms with van der Waals surface area (Å²) in [6, 6.07) is 5.13. The zero-order valence-corrected chi connectivity index (χ0v) is 12.7. The van der Waals surface area contributed by atoms with Crippen molar-refractivity contribution in [1.82, 2.24) is 4.90 Å². The first-order valence-corrected chi connectivity index (χ1v) is 6.86. The molecular weight excluding hydrogens is 256 g/mol. The number of nitrogens with two attached hydrogens (primary N) is 1. The van der Waals surface area contributed by atoms with Gasteiger partial charge in [0, 0.05) is 31.0 Å². The van der Waals surface area contributed by atoms with E-state index in [0.717, 1.165) is 0 Å². The molecular formula is C15H24N2O3. The van der Waals surface area contributed by atoms with Gasteiger partial charge in [-0.1, -0.05) is 0 Å². The van der Waals surface area contributed by atoms with Gasteiger partial charge in [-0.3, -0.25) is 4.79 Å². The number of carbonyl (C=O) groups is 1. The molecule has 0 aliphatic heterocycles. The molecule has 1 atom stereocenters. The zero-order chi connectivity index (χ0) is 15.1. The molecule has 0 fully saturated rings. The first-order valence-electron chi connectivity index (χ1n) is 6.86. The highest BCUT2D eigenvalue weighted by Crippen LogP contribution is 2.21. The van der Waals surface area contributed by atoms with Gasteiger partial charge >= 0.3 is 0 Å². The van der Waals surface area contributed by atoms with E-state index in [2.05, 4.69) is 0 Å². The standard InChI is InChI=1S/C15H24N2O3/c1-5-17(11(3)10-19-4)15(18)12-7-13(16)9-14(8-12)20-6-2/h7-9,11H,5-6,10,16H2,1-4H3. The van der Waals surface area contributed by atoms with Crippen LogP contribution in [0.15, 0.2) is 18.2 Å². The van der Waals surface area contributed by atoms with Gasteiger partial charge in [-0.15, -0.1) is 0 Å². The molecule has 112 valence electrons. The second kappa shape index (κ2) is 7.75. The third-order valence-corrected chi connectivity index (χ3v) is 3.03. The number of ether oxygens (including phenoxy) is 2. The Kier molecular flexibility index (Phi) is 6.31. The lowest BCUT2D eigenvalue weighted by Gasteiger charge is -2.27. The van der Waals surface area contributed by atoms with E-state index in [1.807, 2.05) is 20.8 Å². The monoisotopic (exact) mass is 280 g/mol. The topological polar surface area (TPSA) is 64.8 Å². The number of hydrogen-bond acceptors (Lipinski definition) is 4. The van der Waals surface area contributed by atoms with Crippen molar-refractivity contribution in [3.05, 3.63) is 23.8 Å². The molecule has 0 radical (unpaired) electrons. The van der Waals surface area contributed by atoms with E-state index in [9.17, 15) is 4.79 Å². The Labute approximate surface area is 120 Å². The summed E-state index contributed by atoms with van der Waals surface area (Å²) >= 11 is 0. The molecule has 2 N–H and O–H groups in total. The van der Waals surface area contributed by atoms with Gasteiger partial charge < -0.3 is 20.1 Å². The number of amides is 1. The van der Waals surface area contributed by atoms with Gasteiger partial charge in [0.1, 0.15) is 5.75 Å². The minimum atomic E-state index is -0.0645. The lowest BCUT2D eigenvalue weighted by atomic mass is 10.1. The molecule has 20 heavy (non-hydrogen) atoms. The highest BCUT2D eigenvalue weighted by atomic mass is 16.5. The quantitative estimate of drug-likeness (QED) is 0.777. The molecule has 0 aromatic heterocycles. The molecule has 0 bridgehead atoms. The highest BCUT2D eigenvalue weighted by molar-refractivity contribution is 5.95. The Hall–Kier alpha value is -1.75. The lowest BCUT2D eigenvalue weighted by Crippen LogP contribution is -2.40. The fourth-order valence-corrected chi connectivity index (χ4v) is 2.15. The van der Waals surface area contributed by atoms with Crippen molar-refractivity contribution in [2.45, 2.75) is 26.8 Å². The van der Waals surface area contributed by atoms with Crippen LogP contribution in [-0.2, 0) is 4.74 Å². The molecule has 0 aliphatic rings. The van der Waals surface area contributed by atoms with Gasteiger partial charge in [0.25, 0.3) is 5.91 Å². The maximum Gasteiger partial charge on any atom is 0.254 e. The van der Waals surface area contributed by atoms with Crippen LogP contribution in [-0.4, -0.2) is 43.7 Å². The number of hydrogen-bond donors (Lipinski definition) is 1. The van der Waals surface area contributed by atoms with Crippen molar-refractivity contribution >= 4 is 11.6 Å². The van der Waals surface area contributed by atoms with Crippen molar-refractivity contribution in [3.8, 4) is 5.75 Å². The van der Waals surface area contributed by atoms with Crippen LogP contribution >= 0.6 is 0 Å². The van der Waals surface area contributed by atoms with Gasteiger partial charge in [-0.05, 0) is 32.9 Å². The minimum Gasteiger partial charge on any atom is -0.494 e. The van der Waals surface area contributed by atoms with Crippen LogP contribution in [0.3, 0.4) is 0 Å².